The number of aryl methyl sites for hydroxylation is 2. The average Bonchev–Trinajstić information content (AvgIpc) is 3.13. The van der Waals surface area contributed by atoms with E-state index in [0.29, 0.717) is 13.1 Å². The third-order valence-corrected chi connectivity index (χ3v) is 7.24. The van der Waals surface area contributed by atoms with Gasteiger partial charge in [-0.05, 0) is 83.3 Å². The number of rotatable bonds is 16. The zero-order valence-electron chi connectivity index (χ0n) is 27.3. The molecule has 0 aliphatic rings. The number of nitrogens with one attached hydrogen (secondary N) is 3. The normalized spacial score (nSPS) is 10.8. The van der Waals surface area contributed by atoms with Crippen molar-refractivity contribution in [3.05, 3.63) is 143 Å². The number of carbonyl (C=O) groups is 2. The van der Waals surface area contributed by atoms with Crippen LogP contribution in [0.1, 0.15) is 46.2 Å². The van der Waals surface area contributed by atoms with Crippen molar-refractivity contribution in [1.82, 2.24) is 5.48 Å². The molecule has 0 bridgehead atoms. The van der Waals surface area contributed by atoms with Gasteiger partial charge < -0.3 is 25.6 Å². The van der Waals surface area contributed by atoms with Crippen molar-refractivity contribution in [3.63, 3.8) is 0 Å². The number of hydrogen-bond donors (Lipinski definition) is 6. The molecule has 0 aliphatic heterocycles. The second-order valence-electron chi connectivity index (χ2n) is 10.8. The lowest BCUT2D eigenvalue weighted by Gasteiger charge is -2.11. The lowest BCUT2D eigenvalue weighted by molar-refractivity contribution is -0.134. The Morgan fingerprint density at radius 1 is 0.646 bits per heavy atom. The van der Waals surface area contributed by atoms with Gasteiger partial charge in [0.2, 0.25) is 0 Å². The lowest BCUT2D eigenvalue weighted by atomic mass is 10.1. The average molecular weight is 652 g/mol. The number of para-hydroxylation sites is 2. The molecule has 4 aromatic carbocycles. The van der Waals surface area contributed by atoms with Crippen LogP contribution in [0.5, 0.6) is 0 Å². The molecule has 0 saturated heterocycles. The van der Waals surface area contributed by atoms with E-state index in [0.717, 1.165) is 53.7 Å². The first-order chi connectivity index (χ1) is 23.4. The van der Waals surface area contributed by atoms with Crippen LogP contribution < -0.4 is 16.1 Å². The van der Waals surface area contributed by atoms with Crippen molar-refractivity contribution in [1.29, 1.82) is 0 Å². The Bertz CT molecular complexity index is 1510. The Labute approximate surface area is 282 Å². The van der Waals surface area contributed by atoms with Crippen LogP contribution >= 0.6 is 0 Å². The molecule has 0 radical (unpaired) electrons. The minimum Gasteiger partial charge on any atom is -0.466 e. The molecule has 0 aliphatic carbocycles. The van der Waals surface area contributed by atoms with Gasteiger partial charge in [0.05, 0.1) is 7.11 Å². The van der Waals surface area contributed by atoms with Crippen molar-refractivity contribution in [2.45, 2.75) is 38.8 Å². The summed E-state index contributed by atoms with van der Waals surface area (Å²) < 4.78 is 4.62. The van der Waals surface area contributed by atoms with Crippen LogP contribution in [0, 0.1) is 0 Å². The number of ether oxygens (including phenoxy) is 1. The molecule has 9 heteroatoms. The maximum absolute atomic E-state index is 11.3. The van der Waals surface area contributed by atoms with Gasteiger partial charge in [0.25, 0.3) is 5.91 Å². The summed E-state index contributed by atoms with van der Waals surface area (Å²) in [6.45, 7) is 1.76. The summed E-state index contributed by atoms with van der Waals surface area (Å²) in [5.41, 5.74) is 9.98. The number of aliphatic hydroxyl groups is 2. The van der Waals surface area contributed by atoms with Crippen LogP contribution in [0.25, 0.3) is 12.2 Å². The van der Waals surface area contributed by atoms with Gasteiger partial charge in [0.1, 0.15) is 0 Å². The fourth-order valence-corrected chi connectivity index (χ4v) is 4.79. The largest absolute Gasteiger partial charge is 0.466 e. The van der Waals surface area contributed by atoms with E-state index in [1.165, 1.54) is 36.0 Å². The van der Waals surface area contributed by atoms with E-state index in [1.54, 1.807) is 17.6 Å². The summed E-state index contributed by atoms with van der Waals surface area (Å²) >= 11 is 0. The van der Waals surface area contributed by atoms with Crippen molar-refractivity contribution < 1.29 is 29.7 Å². The van der Waals surface area contributed by atoms with E-state index in [1.807, 2.05) is 66.7 Å². The minimum atomic E-state index is -0.568. The maximum Gasteiger partial charge on any atom is 0.330 e. The van der Waals surface area contributed by atoms with Crippen molar-refractivity contribution in [3.8, 4) is 0 Å². The van der Waals surface area contributed by atoms with Gasteiger partial charge in [-0.1, -0.05) is 84.9 Å². The molecule has 0 saturated carbocycles. The first-order valence-corrected chi connectivity index (χ1v) is 15.9. The minimum absolute atomic E-state index is 0.198. The van der Waals surface area contributed by atoms with Crippen LogP contribution in [0.4, 0.5) is 11.4 Å². The van der Waals surface area contributed by atoms with E-state index >= 15 is 0 Å². The second-order valence-corrected chi connectivity index (χ2v) is 10.8. The van der Waals surface area contributed by atoms with E-state index in [4.69, 9.17) is 15.4 Å². The quantitative estimate of drug-likeness (QED) is 0.0367. The molecule has 0 heterocycles. The number of amides is 1. The van der Waals surface area contributed by atoms with Gasteiger partial charge in [-0.3, -0.25) is 10.0 Å². The summed E-state index contributed by atoms with van der Waals surface area (Å²) in [5.74, 6) is -0.942. The van der Waals surface area contributed by atoms with Crippen molar-refractivity contribution in [2.75, 3.05) is 31.0 Å². The molecular weight excluding hydrogens is 606 g/mol. The van der Waals surface area contributed by atoms with E-state index in [-0.39, 0.29) is 19.2 Å². The van der Waals surface area contributed by atoms with Crippen molar-refractivity contribution in [2.24, 2.45) is 0 Å². The van der Waals surface area contributed by atoms with Crippen LogP contribution in [-0.2, 0) is 40.3 Å². The molecule has 0 spiro atoms. The monoisotopic (exact) mass is 651 g/mol. The molecule has 4 rings (SSSR count). The number of carbonyl (C=O) groups excluding carboxylic acids is 2. The number of hydroxylamine groups is 1. The number of methoxy groups -OCH3 is 1. The molecule has 252 valence electrons. The molecule has 0 aromatic heterocycles. The maximum atomic E-state index is 11.3. The first-order valence-electron chi connectivity index (χ1n) is 15.9. The molecule has 0 unspecified atom stereocenters. The predicted molar refractivity (Wildman–Crippen MR) is 191 cm³/mol. The van der Waals surface area contributed by atoms with Crippen molar-refractivity contribution >= 4 is 35.4 Å². The summed E-state index contributed by atoms with van der Waals surface area (Å²) in [4.78, 5) is 22.4. The summed E-state index contributed by atoms with van der Waals surface area (Å²) in [6.07, 6.45) is 9.35. The van der Waals surface area contributed by atoms with E-state index in [9.17, 15) is 9.59 Å². The standard InChI is InChI=1S/C20H23NO3.C19H22N2O3/c1-24-20(23)12-11-18-9-2-3-10-19(18)21-15-17-7-4-6-16(14-17)8-5-13-22;22-12-4-7-15-5-3-6-16(13-15)14-20-18-9-2-1-8-17(18)10-11-19(23)21-24/h2-4,6-7,9-12,14,21-22H,5,8,13,15H2,1H3;1-3,5-6,8-11,13,20,22,24H,4,7,12,14H2,(H,21,23)/b12-11+;11-10+. The van der Waals surface area contributed by atoms with Crippen LogP contribution in [0.2, 0.25) is 0 Å². The highest BCUT2D eigenvalue weighted by Crippen LogP contribution is 2.20. The van der Waals surface area contributed by atoms with E-state index in [2.05, 4.69) is 45.7 Å². The zero-order chi connectivity index (χ0) is 34.4. The number of benzene rings is 4. The van der Waals surface area contributed by atoms with Gasteiger partial charge in [0.15, 0.2) is 0 Å². The van der Waals surface area contributed by atoms with Crippen LogP contribution in [-0.4, -0.2) is 47.6 Å². The molecule has 1 amide bonds. The summed E-state index contributed by atoms with van der Waals surface area (Å²) in [6, 6.07) is 32.0. The Morgan fingerprint density at radius 3 is 1.56 bits per heavy atom. The highest BCUT2D eigenvalue weighted by atomic mass is 16.5. The predicted octanol–water partition coefficient (Wildman–Crippen LogP) is 6.15. The Balaban J connectivity index is 0.000000260. The van der Waals surface area contributed by atoms with Gasteiger partial charge in [0, 0.05) is 49.8 Å². The SMILES string of the molecule is COC(=O)/C=C/c1ccccc1NCc1cccc(CCCO)c1.O=C(/C=C/c1ccccc1NCc1cccc(CCCO)c1)NO. The summed E-state index contributed by atoms with van der Waals surface area (Å²) in [7, 11) is 1.36. The second kappa shape index (κ2) is 21.6. The number of esters is 1. The molecule has 0 fully saturated rings. The van der Waals surface area contributed by atoms with E-state index < -0.39 is 5.91 Å². The van der Waals surface area contributed by atoms with Gasteiger partial charge >= 0.3 is 5.97 Å². The number of aliphatic hydroxyl groups excluding tert-OH is 2. The smallest absolute Gasteiger partial charge is 0.330 e. The zero-order valence-corrected chi connectivity index (χ0v) is 27.3. The van der Waals surface area contributed by atoms with Gasteiger partial charge in [-0.25, -0.2) is 10.3 Å². The third kappa shape index (κ3) is 13.6. The molecule has 6 N–H and O–H groups in total. The first kappa shape index (κ1) is 37.2. The summed E-state index contributed by atoms with van der Waals surface area (Å²) in [5, 5.41) is 33.2. The Morgan fingerprint density at radius 2 is 1.10 bits per heavy atom. The fraction of sp³-hybridized carbons (Fsp3) is 0.231. The lowest BCUT2D eigenvalue weighted by Crippen LogP contribution is -2.14. The van der Waals surface area contributed by atoms with Crippen LogP contribution in [0.15, 0.2) is 109 Å². The molecular formula is C39H45N3O6. The molecule has 48 heavy (non-hydrogen) atoms. The topological polar surface area (TPSA) is 140 Å². The Hall–Kier alpha value is -5.22. The van der Waals surface area contributed by atoms with Gasteiger partial charge in [-0.15, -0.1) is 0 Å². The Kier molecular flexibility index (Phi) is 16.7. The third-order valence-electron chi connectivity index (χ3n) is 7.24. The molecule has 0 atom stereocenters. The van der Waals surface area contributed by atoms with Crippen LogP contribution in [0.3, 0.4) is 0 Å². The highest BCUT2D eigenvalue weighted by molar-refractivity contribution is 5.91. The number of hydrogen-bond acceptors (Lipinski definition) is 8. The number of anilines is 2. The fourth-order valence-electron chi connectivity index (χ4n) is 4.79. The highest BCUT2D eigenvalue weighted by Gasteiger charge is 2.03. The molecule has 9 nitrogen and oxygen atoms in total. The van der Waals surface area contributed by atoms with Gasteiger partial charge in [-0.2, -0.15) is 0 Å². The molecule has 4 aromatic rings.